The molecule has 1 unspecified atom stereocenters. The van der Waals surface area contributed by atoms with Crippen LogP contribution in [0.2, 0.25) is 10.0 Å². The van der Waals surface area contributed by atoms with Crippen molar-refractivity contribution < 1.29 is 14.3 Å². The predicted molar refractivity (Wildman–Crippen MR) is 147 cm³/mol. The number of fused-ring (bicyclic) bond motifs is 2. The van der Waals surface area contributed by atoms with Crippen molar-refractivity contribution in [1.29, 1.82) is 0 Å². The number of carbonyl (C=O) groups excluding carboxylic acids is 1. The van der Waals surface area contributed by atoms with Crippen LogP contribution in [0.15, 0.2) is 75.7 Å². The van der Waals surface area contributed by atoms with E-state index in [-0.39, 0.29) is 17.7 Å². The Morgan fingerprint density at radius 3 is 2.68 bits per heavy atom. The molecule has 0 aliphatic carbocycles. The van der Waals surface area contributed by atoms with Gasteiger partial charge in [0.2, 0.25) is 0 Å². The minimum Gasteiger partial charge on any atom is -0.496 e. The Hall–Kier alpha value is -3.39. The van der Waals surface area contributed by atoms with Crippen LogP contribution in [0, 0.1) is 0 Å². The second-order valence-electron chi connectivity index (χ2n) is 8.35. The van der Waals surface area contributed by atoms with Gasteiger partial charge in [-0.05, 0) is 48.4 Å². The van der Waals surface area contributed by atoms with E-state index >= 15 is 0 Å². The molecule has 0 saturated heterocycles. The number of esters is 1. The monoisotopic (exact) mass is 552 g/mol. The number of halogens is 2. The number of carbonyl (C=O) groups is 1. The number of methoxy groups -OCH3 is 1. The summed E-state index contributed by atoms with van der Waals surface area (Å²) < 4.78 is 13.1. The number of hydrogen-bond donors (Lipinski definition) is 0. The van der Waals surface area contributed by atoms with E-state index in [1.165, 1.54) is 11.3 Å². The van der Waals surface area contributed by atoms with Crippen LogP contribution >= 0.6 is 34.5 Å². The van der Waals surface area contributed by atoms with E-state index in [1.54, 1.807) is 49.8 Å². The van der Waals surface area contributed by atoms with Gasteiger partial charge in [0.1, 0.15) is 11.8 Å². The van der Waals surface area contributed by atoms with Gasteiger partial charge in [0.15, 0.2) is 4.80 Å². The van der Waals surface area contributed by atoms with Crippen LogP contribution in [0.25, 0.3) is 16.8 Å². The molecule has 37 heavy (non-hydrogen) atoms. The lowest BCUT2D eigenvalue weighted by Crippen LogP contribution is -2.40. The maximum Gasteiger partial charge on any atom is 0.338 e. The molecule has 3 aromatic carbocycles. The van der Waals surface area contributed by atoms with Crippen LogP contribution in [0.5, 0.6) is 5.75 Å². The highest BCUT2D eigenvalue weighted by Gasteiger charge is 2.36. The van der Waals surface area contributed by atoms with E-state index in [1.807, 2.05) is 36.4 Å². The molecule has 5 rings (SSSR count). The molecule has 0 spiro atoms. The van der Waals surface area contributed by atoms with E-state index in [0.717, 1.165) is 10.8 Å². The van der Waals surface area contributed by atoms with Gasteiger partial charge in [-0.2, -0.15) is 0 Å². The number of hydrogen-bond acceptors (Lipinski definition) is 6. The van der Waals surface area contributed by atoms with Crippen molar-refractivity contribution in [3.63, 3.8) is 0 Å². The Bertz CT molecular complexity index is 1770. The average Bonchev–Trinajstić information content (AvgIpc) is 3.19. The Kier molecular flexibility index (Phi) is 6.94. The van der Waals surface area contributed by atoms with Gasteiger partial charge in [-0.15, -0.1) is 0 Å². The number of rotatable bonds is 5. The molecule has 1 atom stereocenters. The molecule has 0 N–H and O–H groups in total. The molecule has 0 radical (unpaired) electrons. The first-order valence-corrected chi connectivity index (χ1v) is 13.1. The van der Waals surface area contributed by atoms with E-state index in [2.05, 4.69) is 4.99 Å². The van der Waals surface area contributed by atoms with Crippen LogP contribution in [0.3, 0.4) is 0 Å². The first-order chi connectivity index (χ1) is 17.8. The van der Waals surface area contributed by atoms with Gasteiger partial charge in [0.05, 0.1) is 39.6 Å². The van der Waals surface area contributed by atoms with Crippen LogP contribution in [-0.2, 0) is 9.53 Å². The number of nitrogens with zero attached hydrogens (tertiary/aromatic N) is 2. The molecule has 9 heteroatoms. The summed E-state index contributed by atoms with van der Waals surface area (Å²) in [7, 11) is 1.57. The fourth-order valence-corrected chi connectivity index (χ4v) is 5.97. The topological polar surface area (TPSA) is 69.9 Å². The van der Waals surface area contributed by atoms with Gasteiger partial charge < -0.3 is 9.47 Å². The Labute approximate surface area is 226 Å². The Morgan fingerprint density at radius 2 is 1.92 bits per heavy atom. The molecular formula is C28H22Cl2N2O4S. The number of ether oxygens (including phenoxy) is 2. The summed E-state index contributed by atoms with van der Waals surface area (Å²) in [5.74, 6) is 0.0172. The molecular weight excluding hydrogens is 531 g/mol. The molecule has 0 bridgehead atoms. The molecule has 0 saturated carbocycles. The lowest BCUT2D eigenvalue weighted by molar-refractivity contribution is -0.139. The fourth-order valence-electron chi connectivity index (χ4n) is 4.57. The normalized spacial score (nSPS) is 15.5. The quantitative estimate of drug-likeness (QED) is 0.316. The van der Waals surface area contributed by atoms with Gasteiger partial charge in [-0.3, -0.25) is 9.36 Å². The third-order valence-corrected chi connectivity index (χ3v) is 8.03. The van der Waals surface area contributed by atoms with Gasteiger partial charge >= 0.3 is 5.97 Å². The largest absolute Gasteiger partial charge is 0.496 e. The van der Waals surface area contributed by atoms with E-state index in [4.69, 9.17) is 32.7 Å². The number of allylic oxidation sites excluding steroid dienone is 1. The molecule has 188 valence electrons. The molecule has 0 amide bonds. The fraction of sp³-hybridized carbons (Fsp3) is 0.179. The highest BCUT2D eigenvalue weighted by Crippen LogP contribution is 2.40. The summed E-state index contributed by atoms with van der Waals surface area (Å²) in [5, 5.41) is 2.55. The van der Waals surface area contributed by atoms with Crippen molar-refractivity contribution in [2.75, 3.05) is 13.7 Å². The van der Waals surface area contributed by atoms with E-state index in [0.29, 0.717) is 42.0 Å². The van der Waals surface area contributed by atoms with Crippen molar-refractivity contribution in [1.82, 2.24) is 4.57 Å². The van der Waals surface area contributed by atoms with Crippen molar-refractivity contribution in [2.24, 2.45) is 4.99 Å². The molecule has 2 heterocycles. The molecule has 6 nitrogen and oxygen atoms in total. The lowest BCUT2D eigenvalue weighted by Gasteiger charge is -2.27. The number of thiazole rings is 1. The zero-order valence-electron chi connectivity index (χ0n) is 20.2. The van der Waals surface area contributed by atoms with E-state index in [9.17, 15) is 9.59 Å². The minimum atomic E-state index is -0.812. The third-order valence-electron chi connectivity index (χ3n) is 6.21. The van der Waals surface area contributed by atoms with Crippen molar-refractivity contribution in [3.05, 3.63) is 107 Å². The van der Waals surface area contributed by atoms with Crippen LogP contribution < -0.4 is 19.6 Å². The lowest BCUT2D eigenvalue weighted by atomic mass is 9.90. The molecule has 0 fully saturated rings. The van der Waals surface area contributed by atoms with Gasteiger partial charge in [0, 0.05) is 5.56 Å². The van der Waals surface area contributed by atoms with E-state index < -0.39 is 12.0 Å². The summed E-state index contributed by atoms with van der Waals surface area (Å²) in [5.41, 5.74) is 1.75. The summed E-state index contributed by atoms with van der Waals surface area (Å²) in [4.78, 5) is 32.4. The van der Waals surface area contributed by atoms with Crippen LogP contribution in [0.4, 0.5) is 0 Å². The standard InChI is InChI=1S/C28H22Cl2N2O4S/c1-4-36-27(34)22-15(2)31-28-32(26(33)21(37-28)14-17-9-7-11-19(29)24(17)30)25(22)23-18-10-6-5-8-16(18)12-13-20(23)35-3/h5-14,25H,4H2,1-3H3. The second-order valence-corrected chi connectivity index (χ2v) is 10.1. The first kappa shape index (κ1) is 25.3. The predicted octanol–water partition coefficient (Wildman–Crippen LogP) is 5.27. The van der Waals surface area contributed by atoms with Gasteiger partial charge in [-0.25, -0.2) is 9.79 Å². The highest BCUT2D eigenvalue weighted by molar-refractivity contribution is 7.07. The maximum atomic E-state index is 14.0. The zero-order chi connectivity index (χ0) is 26.3. The van der Waals surface area contributed by atoms with Crippen molar-refractivity contribution in [3.8, 4) is 5.75 Å². The maximum absolute atomic E-state index is 14.0. The van der Waals surface area contributed by atoms with Crippen LogP contribution in [0.1, 0.15) is 31.0 Å². The highest BCUT2D eigenvalue weighted by atomic mass is 35.5. The van der Waals surface area contributed by atoms with Gasteiger partial charge in [0.25, 0.3) is 5.56 Å². The summed E-state index contributed by atoms with van der Waals surface area (Å²) in [6, 6.07) is 16.0. The average molecular weight is 553 g/mol. The molecule has 1 aromatic heterocycles. The van der Waals surface area contributed by atoms with Crippen molar-refractivity contribution in [2.45, 2.75) is 19.9 Å². The van der Waals surface area contributed by atoms with Crippen molar-refractivity contribution >= 4 is 57.4 Å². The Balaban J connectivity index is 1.86. The zero-order valence-corrected chi connectivity index (χ0v) is 22.6. The minimum absolute atomic E-state index is 0.187. The number of benzene rings is 3. The first-order valence-electron chi connectivity index (χ1n) is 11.5. The SMILES string of the molecule is CCOC(=O)C1=C(C)N=c2sc(=Cc3cccc(Cl)c3Cl)c(=O)n2C1c1c(OC)ccc2ccccc12. The summed E-state index contributed by atoms with van der Waals surface area (Å²) in [6.45, 7) is 3.68. The van der Waals surface area contributed by atoms with Gasteiger partial charge in [-0.1, -0.05) is 77.0 Å². The summed E-state index contributed by atoms with van der Waals surface area (Å²) >= 11 is 13.8. The smallest absolute Gasteiger partial charge is 0.338 e. The molecule has 4 aromatic rings. The van der Waals surface area contributed by atoms with Crippen LogP contribution in [-0.4, -0.2) is 24.3 Å². The summed E-state index contributed by atoms with van der Waals surface area (Å²) in [6.07, 6.45) is 1.69. The molecule has 1 aliphatic heterocycles. The molecule has 1 aliphatic rings. The second kappa shape index (κ2) is 10.2. The third kappa shape index (κ3) is 4.37. The Morgan fingerprint density at radius 1 is 1.14 bits per heavy atom. The number of aromatic nitrogens is 1.